The number of para-hydroxylation sites is 1. The molecule has 0 bridgehead atoms. The first kappa shape index (κ1) is 20.2. The number of carbonyl (C=O) groups excluding carboxylic acids is 2. The van der Waals surface area contributed by atoms with Crippen LogP contribution < -0.4 is 15.1 Å². The molecule has 6 nitrogen and oxygen atoms in total. The van der Waals surface area contributed by atoms with Crippen molar-refractivity contribution < 1.29 is 22.8 Å². The third-order valence-corrected chi connectivity index (χ3v) is 5.68. The number of aryl methyl sites for hydroxylation is 2. The SMILES string of the molecule is Cc1cc(C(F)(F)F)cc(N2C(=O)C[C@@H]3CNc4c(C)cccc4N(C)C(=O)[C@H]32)n1. The highest BCUT2D eigenvalue weighted by Crippen LogP contribution is 2.39. The van der Waals surface area contributed by atoms with E-state index in [2.05, 4.69) is 10.3 Å². The Morgan fingerprint density at radius 1 is 1.17 bits per heavy atom. The first-order valence-corrected chi connectivity index (χ1v) is 9.57. The van der Waals surface area contributed by atoms with Gasteiger partial charge in [0, 0.05) is 31.6 Å². The minimum absolute atomic E-state index is 0.0510. The van der Waals surface area contributed by atoms with Gasteiger partial charge in [-0.3, -0.25) is 14.5 Å². The van der Waals surface area contributed by atoms with Gasteiger partial charge in [-0.1, -0.05) is 12.1 Å². The zero-order valence-electron chi connectivity index (χ0n) is 16.7. The second-order valence-corrected chi connectivity index (χ2v) is 7.77. The van der Waals surface area contributed by atoms with E-state index >= 15 is 0 Å². The van der Waals surface area contributed by atoms with Crippen LogP contribution in [0.4, 0.5) is 30.4 Å². The summed E-state index contributed by atoms with van der Waals surface area (Å²) >= 11 is 0. The van der Waals surface area contributed by atoms with Crippen LogP contribution in [0.1, 0.15) is 23.2 Å². The normalized spacial score (nSPS) is 21.7. The van der Waals surface area contributed by atoms with Crippen LogP contribution in [0, 0.1) is 19.8 Å². The molecule has 9 heteroatoms. The van der Waals surface area contributed by atoms with Gasteiger partial charge >= 0.3 is 6.18 Å². The summed E-state index contributed by atoms with van der Waals surface area (Å²) < 4.78 is 39.9. The zero-order valence-corrected chi connectivity index (χ0v) is 16.7. The summed E-state index contributed by atoms with van der Waals surface area (Å²) in [5.74, 6) is -1.30. The van der Waals surface area contributed by atoms with Crippen LogP contribution in [0.3, 0.4) is 0 Å². The molecule has 158 valence electrons. The molecular formula is C21H21F3N4O2. The van der Waals surface area contributed by atoms with Crippen molar-refractivity contribution in [3.63, 3.8) is 0 Å². The highest BCUT2D eigenvalue weighted by atomic mass is 19.4. The van der Waals surface area contributed by atoms with Crippen molar-refractivity contribution in [3.8, 4) is 0 Å². The van der Waals surface area contributed by atoms with Gasteiger partial charge < -0.3 is 10.2 Å². The van der Waals surface area contributed by atoms with Gasteiger partial charge in [0.15, 0.2) is 0 Å². The van der Waals surface area contributed by atoms with Crippen LogP contribution >= 0.6 is 0 Å². The Labute approximate surface area is 171 Å². The molecule has 1 fully saturated rings. The molecule has 0 unspecified atom stereocenters. The summed E-state index contributed by atoms with van der Waals surface area (Å²) in [4.78, 5) is 33.0. The third kappa shape index (κ3) is 3.28. The molecule has 0 aliphatic carbocycles. The number of aromatic nitrogens is 1. The van der Waals surface area contributed by atoms with Crippen molar-refractivity contribution in [2.24, 2.45) is 5.92 Å². The molecule has 2 aliphatic heterocycles. The number of alkyl halides is 3. The Balaban J connectivity index is 1.79. The van der Waals surface area contributed by atoms with Crippen LogP contribution in [0.2, 0.25) is 0 Å². The molecule has 1 aromatic heterocycles. The lowest BCUT2D eigenvalue weighted by Gasteiger charge is -2.34. The highest BCUT2D eigenvalue weighted by molar-refractivity contribution is 6.10. The minimum atomic E-state index is -4.58. The van der Waals surface area contributed by atoms with E-state index in [1.165, 1.54) is 11.8 Å². The molecule has 1 aromatic carbocycles. The number of anilines is 3. The first-order chi connectivity index (χ1) is 14.1. The van der Waals surface area contributed by atoms with Crippen LogP contribution in [0.5, 0.6) is 0 Å². The van der Waals surface area contributed by atoms with Gasteiger partial charge in [0.2, 0.25) is 11.8 Å². The van der Waals surface area contributed by atoms with E-state index in [0.29, 0.717) is 12.2 Å². The van der Waals surface area contributed by atoms with Gasteiger partial charge in [-0.2, -0.15) is 13.2 Å². The quantitative estimate of drug-likeness (QED) is 0.770. The molecule has 2 atom stereocenters. The number of hydrogen-bond acceptors (Lipinski definition) is 4. The van der Waals surface area contributed by atoms with Gasteiger partial charge in [-0.25, -0.2) is 4.98 Å². The van der Waals surface area contributed by atoms with E-state index in [-0.39, 0.29) is 23.8 Å². The number of nitrogens with zero attached hydrogens (tertiary/aromatic N) is 3. The monoisotopic (exact) mass is 418 g/mol. The van der Waals surface area contributed by atoms with Gasteiger partial charge in [-0.15, -0.1) is 0 Å². The second kappa shape index (κ2) is 7.00. The molecule has 1 saturated heterocycles. The fourth-order valence-corrected chi connectivity index (χ4v) is 4.22. The van der Waals surface area contributed by atoms with E-state index in [1.54, 1.807) is 13.1 Å². The smallest absolute Gasteiger partial charge is 0.383 e. The number of rotatable bonds is 1. The Kier molecular flexibility index (Phi) is 4.71. The molecule has 2 aromatic rings. The highest BCUT2D eigenvalue weighted by Gasteiger charge is 2.48. The van der Waals surface area contributed by atoms with Gasteiger partial charge in [0.1, 0.15) is 11.9 Å². The van der Waals surface area contributed by atoms with E-state index in [4.69, 9.17) is 0 Å². The molecule has 0 radical (unpaired) electrons. The molecule has 30 heavy (non-hydrogen) atoms. The average molecular weight is 418 g/mol. The number of pyridine rings is 1. The lowest BCUT2D eigenvalue weighted by atomic mass is 9.96. The van der Waals surface area contributed by atoms with Crippen LogP contribution in [-0.2, 0) is 15.8 Å². The van der Waals surface area contributed by atoms with Crippen LogP contribution in [0.15, 0.2) is 30.3 Å². The fraction of sp³-hybridized carbons (Fsp3) is 0.381. The van der Waals surface area contributed by atoms with Crippen molar-refractivity contribution >= 4 is 29.0 Å². The topological polar surface area (TPSA) is 65.5 Å². The number of likely N-dealkylation sites (N-methyl/N-ethyl adjacent to an activating group) is 1. The average Bonchev–Trinajstić information content (AvgIpc) is 2.99. The third-order valence-electron chi connectivity index (χ3n) is 5.68. The summed E-state index contributed by atoms with van der Waals surface area (Å²) in [6.45, 7) is 3.70. The molecule has 2 aliphatic rings. The lowest BCUT2D eigenvalue weighted by molar-refractivity contribution is -0.137. The maximum Gasteiger partial charge on any atom is 0.416 e. The lowest BCUT2D eigenvalue weighted by Crippen LogP contribution is -2.51. The summed E-state index contributed by atoms with van der Waals surface area (Å²) in [6.07, 6.45) is -4.53. The Bertz CT molecular complexity index is 1040. The second-order valence-electron chi connectivity index (χ2n) is 7.77. The number of nitrogens with one attached hydrogen (secondary N) is 1. The Morgan fingerprint density at radius 2 is 1.90 bits per heavy atom. The van der Waals surface area contributed by atoms with Crippen LogP contribution in [0.25, 0.3) is 0 Å². The molecule has 0 spiro atoms. The predicted molar refractivity (Wildman–Crippen MR) is 106 cm³/mol. The van der Waals surface area contributed by atoms with Crippen molar-refractivity contribution in [1.82, 2.24) is 4.98 Å². The van der Waals surface area contributed by atoms with Gasteiger partial charge in [-0.05, 0) is 37.6 Å². The van der Waals surface area contributed by atoms with Crippen molar-refractivity contribution in [3.05, 3.63) is 47.2 Å². The number of hydrogen-bond donors (Lipinski definition) is 1. The Morgan fingerprint density at radius 3 is 2.60 bits per heavy atom. The summed E-state index contributed by atoms with van der Waals surface area (Å²) in [5.41, 5.74) is 1.66. The van der Waals surface area contributed by atoms with Crippen molar-refractivity contribution in [2.45, 2.75) is 32.5 Å². The fourth-order valence-electron chi connectivity index (χ4n) is 4.22. The largest absolute Gasteiger partial charge is 0.416 e. The number of benzene rings is 1. The number of amides is 2. The molecule has 3 heterocycles. The zero-order chi connectivity index (χ0) is 21.8. The van der Waals surface area contributed by atoms with E-state index < -0.39 is 29.6 Å². The van der Waals surface area contributed by atoms with Crippen molar-refractivity contribution in [1.29, 1.82) is 0 Å². The summed E-state index contributed by atoms with van der Waals surface area (Å²) in [5, 5.41) is 3.32. The standard InChI is InChI=1S/C21H21F3N4O2/c1-11-5-4-6-15-18(11)25-10-13-8-17(29)28(19(13)20(30)27(15)3)16-9-14(21(22,23)24)7-12(2)26-16/h4-7,9,13,19,25H,8,10H2,1-3H3/t13-,19+/m1/s1. The number of carbonyl (C=O) groups is 2. The minimum Gasteiger partial charge on any atom is -0.383 e. The summed E-state index contributed by atoms with van der Waals surface area (Å²) in [7, 11) is 1.61. The molecule has 2 amide bonds. The molecule has 1 N–H and O–H groups in total. The van der Waals surface area contributed by atoms with E-state index in [0.717, 1.165) is 28.3 Å². The van der Waals surface area contributed by atoms with Gasteiger partial charge in [0.25, 0.3) is 0 Å². The number of fused-ring (bicyclic) bond motifs is 2. The molecule has 0 saturated carbocycles. The van der Waals surface area contributed by atoms with Crippen LogP contribution in [-0.4, -0.2) is 36.4 Å². The Hall–Kier alpha value is -3.10. The first-order valence-electron chi connectivity index (χ1n) is 9.57. The van der Waals surface area contributed by atoms with E-state index in [9.17, 15) is 22.8 Å². The molecule has 4 rings (SSSR count). The molecular weight excluding hydrogens is 397 g/mol. The van der Waals surface area contributed by atoms with E-state index in [1.807, 2.05) is 19.1 Å². The summed E-state index contributed by atoms with van der Waals surface area (Å²) in [6, 6.07) is 6.37. The maximum atomic E-state index is 13.4. The van der Waals surface area contributed by atoms with Gasteiger partial charge in [0.05, 0.1) is 16.9 Å². The number of halogens is 3. The predicted octanol–water partition coefficient (Wildman–Crippen LogP) is 3.53. The van der Waals surface area contributed by atoms with Crippen molar-refractivity contribution in [2.75, 3.05) is 28.7 Å². The maximum absolute atomic E-state index is 13.4.